The molecule has 1 aliphatic rings. The molecule has 0 amide bonds. The fourth-order valence-corrected chi connectivity index (χ4v) is 1.88. The van der Waals surface area contributed by atoms with E-state index in [4.69, 9.17) is 0 Å². The minimum absolute atomic E-state index is 0.739. The van der Waals surface area contributed by atoms with E-state index < -0.39 is 0 Å². The van der Waals surface area contributed by atoms with Crippen LogP contribution in [0.1, 0.15) is 52.4 Å². The molecule has 72 valence electrons. The third kappa shape index (κ3) is 3.14. The summed E-state index contributed by atoms with van der Waals surface area (Å²) >= 11 is 0. The molecule has 1 heteroatoms. The van der Waals surface area contributed by atoms with E-state index >= 15 is 0 Å². The molecule has 0 bridgehead atoms. The highest BCUT2D eigenvalue weighted by Gasteiger charge is 2.40. The first-order valence-electron chi connectivity index (χ1n) is 5.54. The van der Waals surface area contributed by atoms with Gasteiger partial charge in [0.05, 0.1) is 0 Å². The lowest BCUT2D eigenvalue weighted by atomic mass is 10.0. The zero-order valence-electron chi connectivity index (χ0n) is 8.66. The first-order valence-corrected chi connectivity index (χ1v) is 5.54. The summed E-state index contributed by atoms with van der Waals surface area (Å²) in [6.07, 6.45) is 8.39. The number of nitrogens with one attached hydrogen (secondary N) is 1. The van der Waals surface area contributed by atoms with Crippen LogP contribution in [-0.2, 0) is 0 Å². The summed E-state index contributed by atoms with van der Waals surface area (Å²) < 4.78 is 0. The predicted octanol–water partition coefficient (Wildman–Crippen LogP) is 2.96. The Morgan fingerprint density at radius 2 is 1.92 bits per heavy atom. The van der Waals surface area contributed by atoms with Crippen LogP contribution in [0, 0.1) is 5.41 Å². The number of hydrogen-bond acceptors (Lipinski definition) is 1. The van der Waals surface area contributed by atoms with Crippen molar-refractivity contribution in [1.82, 2.24) is 5.32 Å². The fraction of sp³-hybridized carbons (Fsp3) is 1.00. The van der Waals surface area contributed by atoms with Crippen LogP contribution in [0.4, 0.5) is 0 Å². The Balaban J connectivity index is 1.98. The smallest absolute Gasteiger partial charge is 0.000781 e. The molecule has 1 aliphatic carbocycles. The van der Waals surface area contributed by atoms with Crippen molar-refractivity contribution in [3.05, 3.63) is 0 Å². The Bertz CT molecular complexity index is 116. The SMILES string of the molecule is CCCCNCC1(CCC)CC1. The Morgan fingerprint density at radius 1 is 1.17 bits per heavy atom. The van der Waals surface area contributed by atoms with Gasteiger partial charge in [-0.1, -0.05) is 26.7 Å². The Kier molecular flexibility index (Phi) is 4.07. The molecule has 0 aromatic carbocycles. The summed E-state index contributed by atoms with van der Waals surface area (Å²) in [5.74, 6) is 0. The largest absolute Gasteiger partial charge is 0.316 e. The molecule has 0 heterocycles. The molecule has 1 rings (SSSR count). The van der Waals surface area contributed by atoms with Gasteiger partial charge in [0.15, 0.2) is 0 Å². The Hall–Kier alpha value is -0.0400. The van der Waals surface area contributed by atoms with Crippen LogP contribution in [0.25, 0.3) is 0 Å². The molecule has 0 spiro atoms. The normalized spacial score (nSPS) is 19.5. The highest BCUT2D eigenvalue weighted by molar-refractivity contribution is 4.94. The van der Waals surface area contributed by atoms with Gasteiger partial charge in [0.2, 0.25) is 0 Å². The summed E-state index contributed by atoms with van der Waals surface area (Å²) in [6.45, 7) is 7.05. The second-order valence-corrected chi connectivity index (χ2v) is 4.28. The third-order valence-corrected chi connectivity index (χ3v) is 2.94. The lowest BCUT2D eigenvalue weighted by Gasteiger charge is -2.14. The van der Waals surface area contributed by atoms with E-state index in [1.54, 1.807) is 0 Å². The maximum Gasteiger partial charge on any atom is 0.000781 e. The average molecular weight is 169 g/mol. The van der Waals surface area contributed by atoms with Gasteiger partial charge in [-0.2, -0.15) is 0 Å². The molecular formula is C11H23N. The van der Waals surface area contributed by atoms with E-state index in [2.05, 4.69) is 19.2 Å². The molecular weight excluding hydrogens is 146 g/mol. The van der Waals surface area contributed by atoms with Gasteiger partial charge in [-0.15, -0.1) is 0 Å². The van der Waals surface area contributed by atoms with E-state index in [0.29, 0.717) is 0 Å². The quantitative estimate of drug-likeness (QED) is 0.578. The topological polar surface area (TPSA) is 12.0 Å². The predicted molar refractivity (Wildman–Crippen MR) is 54.4 cm³/mol. The summed E-state index contributed by atoms with van der Waals surface area (Å²) in [7, 11) is 0. The Morgan fingerprint density at radius 3 is 2.42 bits per heavy atom. The minimum Gasteiger partial charge on any atom is -0.316 e. The zero-order chi connectivity index (χ0) is 8.86. The fourth-order valence-electron chi connectivity index (χ4n) is 1.88. The average Bonchev–Trinajstić information content (AvgIpc) is 2.81. The molecule has 0 unspecified atom stereocenters. The lowest BCUT2D eigenvalue weighted by Crippen LogP contribution is -2.24. The molecule has 1 nitrogen and oxygen atoms in total. The van der Waals surface area contributed by atoms with Gasteiger partial charge in [-0.3, -0.25) is 0 Å². The van der Waals surface area contributed by atoms with Crippen molar-refractivity contribution in [3.8, 4) is 0 Å². The van der Waals surface area contributed by atoms with Gasteiger partial charge in [-0.05, 0) is 37.6 Å². The van der Waals surface area contributed by atoms with E-state index in [1.165, 1.54) is 51.6 Å². The van der Waals surface area contributed by atoms with Gasteiger partial charge in [0.25, 0.3) is 0 Å². The van der Waals surface area contributed by atoms with Crippen molar-refractivity contribution in [2.45, 2.75) is 52.4 Å². The van der Waals surface area contributed by atoms with E-state index in [0.717, 1.165) is 5.41 Å². The Labute approximate surface area is 76.9 Å². The van der Waals surface area contributed by atoms with E-state index in [1.807, 2.05) is 0 Å². The second kappa shape index (κ2) is 4.86. The van der Waals surface area contributed by atoms with Gasteiger partial charge in [0, 0.05) is 6.54 Å². The first-order chi connectivity index (χ1) is 5.83. The summed E-state index contributed by atoms with van der Waals surface area (Å²) in [4.78, 5) is 0. The van der Waals surface area contributed by atoms with Crippen molar-refractivity contribution in [3.63, 3.8) is 0 Å². The molecule has 1 fully saturated rings. The van der Waals surface area contributed by atoms with Crippen molar-refractivity contribution >= 4 is 0 Å². The number of rotatable bonds is 7. The van der Waals surface area contributed by atoms with Crippen molar-refractivity contribution < 1.29 is 0 Å². The minimum atomic E-state index is 0.739. The summed E-state index contributed by atoms with van der Waals surface area (Å²) in [6, 6.07) is 0. The second-order valence-electron chi connectivity index (χ2n) is 4.28. The summed E-state index contributed by atoms with van der Waals surface area (Å²) in [5.41, 5.74) is 0.739. The molecule has 0 aliphatic heterocycles. The molecule has 12 heavy (non-hydrogen) atoms. The van der Waals surface area contributed by atoms with Gasteiger partial charge >= 0.3 is 0 Å². The molecule has 1 N–H and O–H groups in total. The molecule has 1 saturated carbocycles. The monoisotopic (exact) mass is 169 g/mol. The maximum atomic E-state index is 3.57. The molecule has 0 aromatic rings. The van der Waals surface area contributed by atoms with Crippen LogP contribution in [-0.4, -0.2) is 13.1 Å². The van der Waals surface area contributed by atoms with Crippen LogP contribution >= 0.6 is 0 Å². The highest BCUT2D eigenvalue weighted by Crippen LogP contribution is 2.48. The summed E-state index contributed by atoms with van der Waals surface area (Å²) in [5, 5.41) is 3.57. The van der Waals surface area contributed by atoms with E-state index in [-0.39, 0.29) is 0 Å². The molecule has 0 aromatic heterocycles. The van der Waals surface area contributed by atoms with Crippen molar-refractivity contribution in [1.29, 1.82) is 0 Å². The first kappa shape index (κ1) is 10.0. The maximum absolute atomic E-state index is 3.57. The lowest BCUT2D eigenvalue weighted by molar-refractivity contribution is 0.419. The molecule has 0 radical (unpaired) electrons. The number of hydrogen-bond donors (Lipinski definition) is 1. The van der Waals surface area contributed by atoms with E-state index in [9.17, 15) is 0 Å². The third-order valence-electron chi connectivity index (χ3n) is 2.94. The van der Waals surface area contributed by atoms with Crippen LogP contribution in [0.2, 0.25) is 0 Å². The van der Waals surface area contributed by atoms with Crippen LogP contribution in [0.3, 0.4) is 0 Å². The number of unbranched alkanes of at least 4 members (excludes halogenated alkanes) is 1. The van der Waals surface area contributed by atoms with Crippen molar-refractivity contribution in [2.24, 2.45) is 5.41 Å². The van der Waals surface area contributed by atoms with Gasteiger partial charge < -0.3 is 5.32 Å². The van der Waals surface area contributed by atoms with Crippen LogP contribution in [0.15, 0.2) is 0 Å². The molecule has 0 saturated heterocycles. The van der Waals surface area contributed by atoms with Crippen molar-refractivity contribution in [2.75, 3.05) is 13.1 Å². The zero-order valence-corrected chi connectivity index (χ0v) is 8.66. The van der Waals surface area contributed by atoms with Gasteiger partial charge in [-0.25, -0.2) is 0 Å². The standard InChI is InChI=1S/C11H23N/c1-3-5-9-12-10-11(6-4-2)7-8-11/h12H,3-10H2,1-2H3. The van der Waals surface area contributed by atoms with Gasteiger partial charge in [0.1, 0.15) is 0 Å². The highest BCUT2D eigenvalue weighted by atomic mass is 14.9. The molecule has 0 atom stereocenters. The van der Waals surface area contributed by atoms with Crippen LogP contribution in [0.5, 0.6) is 0 Å². The van der Waals surface area contributed by atoms with Crippen LogP contribution < -0.4 is 5.32 Å².